The van der Waals surface area contributed by atoms with Gasteiger partial charge in [-0.2, -0.15) is 5.10 Å². The van der Waals surface area contributed by atoms with Crippen LogP contribution in [0.15, 0.2) is 42.9 Å². The van der Waals surface area contributed by atoms with Gasteiger partial charge in [-0.1, -0.05) is 6.07 Å². The van der Waals surface area contributed by atoms with E-state index in [4.69, 9.17) is 0 Å². The van der Waals surface area contributed by atoms with E-state index in [1.165, 1.54) is 0 Å². The molecule has 0 bridgehead atoms. The molecule has 2 aromatic heterocycles. The van der Waals surface area contributed by atoms with Crippen LogP contribution in [-0.4, -0.2) is 44.7 Å². The molecule has 1 saturated heterocycles. The molecule has 0 radical (unpaired) electrons. The zero-order valence-corrected chi connectivity index (χ0v) is 15.7. The zero-order valence-electron chi connectivity index (χ0n) is 14.1. The number of rotatable bonds is 5. The summed E-state index contributed by atoms with van der Waals surface area (Å²) < 4.78 is 1.68. The number of hydrogen-bond donors (Lipinski definition) is 1. The normalized spacial score (nSPS) is 16.9. The van der Waals surface area contributed by atoms with E-state index in [-0.39, 0.29) is 43.3 Å². The molecule has 0 aromatic carbocycles. The minimum Gasteiger partial charge on any atom is -0.332 e. The molecule has 1 N–H and O–H groups in total. The summed E-state index contributed by atoms with van der Waals surface area (Å²) >= 11 is 0. The van der Waals surface area contributed by atoms with Gasteiger partial charge in [0.25, 0.3) is 0 Å². The van der Waals surface area contributed by atoms with E-state index in [0.29, 0.717) is 6.54 Å². The van der Waals surface area contributed by atoms with Gasteiger partial charge in [0.2, 0.25) is 5.91 Å². The van der Waals surface area contributed by atoms with Gasteiger partial charge < -0.3 is 10.2 Å². The van der Waals surface area contributed by atoms with E-state index < -0.39 is 0 Å². The number of hydrogen-bond acceptors (Lipinski definition) is 4. The summed E-state index contributed by atoms with van der Waals surface area (Å²) in [5.41, 5.74) is 0.929. The van der Waals surface area contributed by atoms with Crippen molar-refractivity contribution in [1.29, 1.82) is 0 Å². The Labute approximate surface area is 160 Å². The quantitative estimate of drug-likeness (QED) is 0.857. The van der Waals surface area contributed by atoms with Crippen LogP contribution in [0.25, 0.3) is 0 Å². The second kappa shape index (κ2) is 11.1. The summed E-state index contributed by atoms with van der Waals surface area (Å²) in [4.78, 5) is 19.2. The highest BCUT2D eigenvalue weighted by Crippen LogP contribution is 2.17. The molecular formula is C17H25Cl2N5O. The lowest BCUT2D eigenvalue weighted by Crippen LogP contribution is -2.42. The maximum absolute atomic E-state index is 12.8. The molecule has 2 aromatic rings. The van der Waals surface area contributed by atoms with Crippen molar-refractivity contribution >= 4 is 30.7 Å². The molecule has 3 rings (SSSR count). The summed E-state index contributed by atoms with van der Waals surface area (Å²) in [5, 5.41) is 7.56. The fraction of sp³-hybridized carbons (Fsp3) is 0.471. The first-order valence-corrected chi connectivity index (χ1v) is 8.20. The maximum atomic E-state index is 12.8. The average molecular weight is 386 g/mol. The van der Waals surface area contributed by atoms with E-state index in [9.17, 15) is 4.79 Å². The molecule has 25 heavy (non-hydrogen) atoms. The minimum absolute atomic E-state index is 0. The van der Waals surface area contributed by atoms with Crippen LogP contribution in [0.2, 0.25) is 0 Å². The highest BCUT2D eigenvalue weighted by atomic mass is 35.5. The molecular weight excluding hydrogens is 361 g/mol. The highest BCUT2D eigenvalue weighted by molar-refractivity contribution is 5.85. The van der Waals surface area contributed by atoms with Gasteiger partial charge in [0.1, 0.15) is 6.54 Å². The van der Waals surface area contributed by atoms with Gasteiger partial charge in [-0.15, -0.1) is 24.8 Å². The number of halogens is 2. The van der Waals surface area contributed by atoms with E-state index in [0.717, 1.165) is 38.0 Å². The Bertz CT molecular complexity index is 601. The van der Waals surface area contributed by atoms with E-state index in [2.05, 4.69) is 15.4 Å². The molecule has 1 amide bonds. The van der Waals surface area contributed by atoms with Crippen molar-refractivity contribution in [2.75, 3.05) is 13.1 Å². The van der Waals surface area contributed by atoms with Gasteiger partial charge in [0.15, 0.2) is 0 Å². The first-order valence-electron chi connectivity index (χ1n) is 8.20. The molecule has 1 aliphatic rings. The van der Waals surface area contributed by atoms with Crippen molar-refractivity contribution in [2.24, 2.45) is 0 Å². The van der Waals surface area contributed by atoms with Gasteiger partial charge in [0, 0.05) is 24.6 Å². The minimum atomic E-state index is 0. The van der Waals surface area contributed by atoms with Gasteiger partial charge >= 0.3 is 0 Å². The van der Waals surface area contributed by atoms with E-state index in [1.807, 2.05) is 35.4 Å². The molecule has 1 fully saturated rings. The average Bonchev–Trinajstić information content (AvgIpc) is 2.93. The number of carbonyl (C=O) groups is 1. The molecule has 138 valence electrons. The molecule has 1 aliphatic heterocycles. The summed E-state index contributed by atoms with van der Waals surface area (Å²) in [6.45, 7) is 2.83. The largest absolute Gasteiger partial charge is 0.332 e. The summed E-state index contributed by atoms with van der Waals surface area (Å²) in [7, 11) is 0. The van der Waals surface area contributed by atoms with Crippen LogP contribution >= 0.6 is 24.8 Å². The number of pyridine rings is 1. The van der Waals surface area contributed by atoms with Crippen molar-refractivity contribution < 1.29 is 4.79 Å². The first kappa shape index (κ1) is 21.4. The van der Waals surface area contributed by atoms with Crippen LogP contribution in [0.4, 0.5) is 0 Å². The number of nitrogens with one attached hydrogen (secondary N) is 1. The van der Waals surface area contributed by atoms with Crippen molar-refractivity contribution in [1.82, 2.24) is 25.0 Å². The number of aromatic nitrogens is 3. The predicted molar refractivity (Wildman–Crippen MR) is 102 cm³/mol. The zero-order chi connectivity index (χ0) is 15.9. The Balaban J connectivity index is 0.00000156. The van der Waals surface area contributed by atoms with E-state index >= 15 is 0 Å². The summed E-state index contributed by atoms with van der Waals surface area (Å²) in [6, 6.07) is 7.94. The van der Waals surface area contributed by atoms with Crippen molar-refractivity contribution in [3.63, 3.8) is 0 Å². The molecule has 3 heterocycles. The van der Waals surface area contributed by atoms with Crippen LogP contribution in [0.5, 0.6) is 0 Å². The maximum Gasteiger partial charge on any atom is 0.244 e. The number of nitrogens with zero attached hydrogens (tertiary/aromatic N) is 4. The monoisotopic (exact) mass is 385 g/mol. The number of carbonyl (C=O) groups excluding carboxylic acids is 1. The molecule has 1 atom stereocenters. The first-order chi connectivity index (χ1) is 11.3. The van der Waals surface area contributed by atoms with Crippen molar-refractivity contribution in [2.45, 2.75) is 38.4 Å². The summed E-state index contributed by atoms with van der Waals surface area (Å²) in [6.07, 6.45) is 8.42. The Morgan fingerprint density at radius 3 is 2.80 bits per heavy atom. The third kappa shape index (κ3) is 6.30. The number of amides is 1. The Morgan fingerprint density at radius 2 is 2.08 bits per heavy atom. The Hall–Kier alpha value is -1.63. The van der Waals surface area contributed by atoms with E-state index in [1.54, 1.807) is 17.1 Å². The summed E-state index contributed by atoms with van der Waals surface area (Å²) in [5.74, 6) is 0.103. The van der Waals surface area contributed by atoms with Crippen LogP contribution in [0.3, 0.4) is 0 Å². The fourth-order valence-corrected chi connectivity index (χ4v) is 3.02. The molecule has 6 nitrogen and oxygen atoms in total. The standard InChI is InChI=1S/C17H23N5O.2ClH/c23-17(14-21-12-4-10-20-21)22(13-15-5-1-2-9-19-15)16-6-3-8-18-11-7-16;;/h1-2,4-5,9-10,12,16,18H,3,6-8,11,13-14H2;2*1H. The topological polar surface area (TPSA) is 63.1 Å². The Morgan fingerprint density at radius 1 is 1.20 bits per heavy atom. The Kier molecular flexibility index (Phi) is 9.49. The lowest BCUT2D eigenvalue weighted by atomic mass is 10.1. The van der Waals surface area contributed by atoms with Crippen LogP contribution in [0.1, 0.15) is 25.0 Å². The SMILES string of the molecule is Cl.Cl.O=C(Cn1cccn1)N(Cc1ccccn1)C1CCCNCC1. The third-order valence-corrected chi connectivity index (χ3v) is 4.22. The molecule has 0 saturated carbocycles. The molecule has 1 unspecified atom stereocenters. The van der Waals surface area contributed by atoms with Crippen LogP contribution in [-0.2, 0) is 17.9 Å². The lowest BCUT2D eigenvalue weighted by molar-refractivity contribution is -0.135. The molecule has 8 heteroatoms. The van der Waals surface area contributed by atoms with Crippen LogP contribution < -0.4 is 5.32 Å². The molecule has 0 aliphatic carbocycles. The molecule has 0 spiro atoms. The van der Waals surface area contributed by atoms with Crippen molar-refractivity contribution in [3.05, 3.63) is 48.5 Å². The van der Waals surface area contributed by atoms with Gasteiger partial charge in [-0.3, -0.25) is 14.5 Å². The van der Waals surface area contributed by atoms with Gasteiger partial charge in [-0.25, -0.2) is 0 Å². The lowest BCUT2D eigenvalue weighted by Gasteiger charge is -2.31. The van der Waals surface area contributed by atoms with Gasteiger partial charge in [0.05, 0.1) is 12.2 Å². The van der Waals surface area contributed by atoms with Crippen LogP contribution in [0, 0.1) is 0 Å². The van der Waals surface area contributed by atoms with Crippen molar-refractivity contribution in [3.8, 4) is 0 Å². The smallest absolute Gasteiger partial charge is 0.244 e. The third-order valence-electron chi connectivity index (χ3n) is 4.22. The highest BCUT2D eigenvalue weighted by Gasteiger charge is 2.25. The fourth-order valence-electron chi connectivity index (χ4n) is 3.02. The second-order valence-corrected chi connectivity index (χ2v) is 5.88. The van der Waals surface area contributed by atoms with Gasteiger partial charge in [-0.05, 0) is 50.6 Å². The second-order valence-electron chi connectivity index (χ2n) is 5.88. The predicted octanol–water partition coefficient (Wildman–Crippen LogP) is 2.29.